The van der Waals surface area contributed by atoms with Gasteiger partial charge in [-0.25, -0.2) is 4.79 Å². The van der Waals surface area contributed by atoms with Crippen LogP contribution in [0.1, 0.15) is 122 Å². The maximum absolute atomic E-state index is 13.8. The second-order valence-electron chi connectivity index (χ2n) is 20.0. The summed E-state index contributed by atoms with van der Waals surface area (Å²) in [5.41, 5.74) is 4.35. The van der Waals surface area contributed by atoms with E-state index in [2.05, 4.69) is 59.5 Å². The molecular weight excluding hydrogens is 713 g/mol. The third-order valence-corrected chi connectivity index (χ3v) is 19.0. The molecule has 0 radical (unpaired) electrons. The van der Waals surface area contributed by atoms with Crippen LogP contribution in [-0.4, -0.2) is 79.2 Å². The van der Waals surface area contributed by atoms with Crippen LogP contribution in [0.2, 0.25) is 0 Å². The van der Waals surface area contributed by atoms with Crippen molar-refractivity contribution in [2.24, 2.45) is 56.7 Å². The molecule has 10 atom stereocenters. The van der Waals surface area contributed by atoms with Gasteiger partial charge < -0.3 is 20.4 Å². The Morgan fingerprint density at radius 1 is 0.891 bits per heavy atom. The zero-order valence-corrected chi connectivity index (χ0v) is 34.9. The van der Waals surface area contributed by atoms with E-state index in [4.69, 9.17) is 0 Å². The van der Waals surface area contributed by atoms with Crippen molar-refractivity contribution in [2.75, 3.05) is 31.1 Å². The van der Waals surface area contributed by atoms with Crippen LogP contribution in [0.15, 0.2) is 42.5 Å². The van der Waals surface area contributed by atoms with E-state index < -0.39 is 28.6 Å². The van der Waals surface area contributed by atoms with Crippen molar-refractivity contribution in [3.05, 3.63) is 53.6 Å². The smallest absolute Gasteiger partial charge is 0.335 e. The van der Waals surface area contributed by atoms with Crippen LogP contribution in [0.25, 0.3) is 5.57 Å². The summed E-state index contributed by atoms with van der Waals surface area (Å²) in [5.74, 6) is 0.514. The first kappa shape index (κ1) is 40.5. The van der Waals surface area contributed by atoms with E-state index in [0.29, 0.717) is 41.7 Å². The Kier molecular flexibility index (Phi) is 10.3. The Labute approximate surface area is 330 Å². The number of carboxylic acids is 2. The normalized spacial score (nSPS) is 40.0. The number of aliphatic carboxylic acids is 1. The predicted molar refractivity (Wildman–Crippen MR) is 219 cm³/mol. The molecule has 1 aromatic rings. The van der Waals surface area contributed by atoms with Crippen LogP contribution < -0.4 is 5.32 Å². The molecule has 1 aliphatic heterocycles. The van der Waals surface area contributed by atoms with Gasteiger partial charge in [-0.05, 0) is 145 Å². The topological polar surface area (TPSA) is 147 Å². The lowest BCUT2D eigenvalue weighted by Gasteiger charge is -2.72. The maximum atomic E-state index is 13.8. The minimum absolute atomic E-state index is 0.0484. The first-order chi connectivity index (χ1) is 25.7. The van der Waals surface area contributed by atoms with Crippen LogP contribution in [0.4, 0.5) is 0 Å². The number of aromatic carboxylic acids is 1. The van der Waals surface area contributed by atoms with Crippen LogP contribution >= 0.6 is 10.6 Å². The highest BCUT2D eigenvalue weighted by Gasteiger charge is 2.70. The molecule has 0 spiro atoms. The minimum atomic E-state index is -2.68. The van der Waals surface area contributed by atoms with Crippen LogP contribution in [0, 0.1) is 56.7 Å². The van der Waals surface area contributed by atoms with E-state index in [0.717, 1.165) is 44.1 Å². The summed E-state index contributed by atoms with van der Waals surface area (Å²) in [7, 11) is -2.68. The van der Waals surface area contributed by atoms with Gasteiger partial charge in [0.25, 0.3) is 0 Å². The standard InChI is InChI=1S/C45H66N2O7S/c1-28(2)31-14-19-45(27-46-34(26-37(48)49)39(50)47-22-24-55(53,54)25-23-47)21-20-43(6)33(38(31)45)12-13-36-42(5)17-15-32(29-8-10-30(11-9-29)40(51)52)41(3,4)35(42)16-18-44(36,43)7/h8-11,15,31,33-36,38,46,53-54H,1,12-14,16-27H2,2-7H3,(H,48,49)(H,51,52)/t31-,33+,34-,35-,36+,38+,42-,43+,44+,45+/m0/s1. The van der Waals surface area contributed by atoms with Crippen LogP contribution in [-0.2, 0) is 9.59 Å². The number of amides is 1. The van der Waals surface area contributed by atoms with E-state index in [1.54, 1.807) is 17.0 Å². The summed E-state index contributed by atoms with van der Waals surface area (Å²) in [6.07, 6.45) is 12.2. The number of hydrogen-bond donors (Lipinski definition) is 5. The second kappa shape index (κ2) is 14.0. The number of rotatable bonds is 9. The molecule has 10 heteroatoms. The minimum Gasteiger partial charge on any atom is -0.481 e. The molecular formula is C45H66N2O7S. The van der Waals surface area contributed by atoms with Gasteiger partial charge >= 0.3 is 11.9 Å². The summed E-state index contributed by atoms with van der Waals surface area (Å²) < 4.78 is 20.3. The molecule has 1 heterocycles. The number of allylic oxidation sites excluding steroid dienone is 3. The van der Waals surface area contributed by atoms with Crippen molar-refractivity contribution in [1.82, 2.24) is 10.2 Å². The van der Waals surface area contributed by atoms with Gasteiger partial charge in [0.05, 0.1) is 29.5 Å². The quantitative estimate of drug-likeness (QED) is 0.156. The molecule has 5 N–H and O–H groups in total. The lowest BCUT2D eigenvalue weighted by Crippen LogP contribution is -2.66. The fourth-order valence-corrected chi connectivity index (χ4v) is 15.6. The van der Waals surface area contributed by atoms with Gasteiger partial charge in [0.15, 0.2) is 0 Å². The molecule has 0 bridgehead atoms. The van der Waals surface area contributed by atoms with E-state index in [9.17, 15) is 33.7 Å². The van der Waals surface area contributed by atoms with Crippen LogP contribution in [0.3, 0.4) is 0 Å². The molecule has 9 nitrogen and oxygen atoms in total. The fourth-order valence-electron chi connectivity index (χ4n) is 14.4. The molecule has 5 aliphatic carbocycles. The van der Waals surface area contributed by atoms with Crippen molar-refractivity contribution >= 4 is 34.0 Å². The number of carbonyl (C=O) groups is 3. The fraction of sp³-hybridized carbons (Fsp3) is 0.711. The van der Waals surface area contributed by atoms with Crippen molar-refractivity contribution in [3.8, 4) is 0 Å². The highest BCUT2D eigenvalue weighted by Crippen LogP contribution is 2.77. The molecule has 5 fully saturated rings. The van der Waals surface area contributed by atoms with Gasteiger partial charge in [-0.2, -0.15) is 10.6 Å². The summed E-state index contributed by atoms with van der Waals surface area (Å²) in [6, 6.07) is 6.61. The van der Waals surface area contributed by atoms with E-state index in [1.165, 1.54) is 30.4 Å². The first-order valence-corrected chi connectivity index (χ1v) is 22.7. The summed E-state index contributed by atoms with van der Waals surface area (Å²) in [6.45, 7) is 20.5. The van der Waals surface area contributed by atoms with E-state index in [1.807, 2.05) is 12.1 Å². The molecule has 7 rings (SSSR count). The number of fused-ring (bicyclic) bond motifs is 7. The largest absolute Gasteiger partial charge is 0.481 e. The van der Waals surface area contributed by atoms with Crippen molar-refractivity contribution in [3.63, 3.8) is 0 Å². The average molecular weight is 779 g/mol. The Morgan fingerprint density at radius 3 is 2.18 bits per heavy atom. The lowest BCUT2D eigenvalue weighted by molar-refractivity contribution is -0.225. The number of carbonyl (C=O) groups excluding carboxylic acids is 1. The average Bonchev–Trinajstić information content (AvgIpc) is 3.50. The van der Waals surface area contributed by atoms with Crippen LogP contribution in [0.5, 0.6) is 0 Å². The van der Waals surface area contributed by atoms with Gasteiger partial charge in [0.1, 0.15) is 0 Å². The first-order valence-electron chi connectivity index (χ1n) is 20.9. The summed E-state index contributed by atoms with van der Waals surface area (Å²) in [5, 5.41) is 23.0. The van der Waals surface area contributed by atoms with Gasteiger partial charge in [-0.15, -0.1) is 0 Å². The molecule has 304 valence electrons. The molecule has 6 aliphatic rings. The highest BCUT2D eigenvalue weighted by molar-refractivity contribution is 8.24. The molecule has 0 aromatic heterocycles. The number of nitrogens with one attached hydrogen (secondary N) is 1. The SMILES string of the molecule is C=C(C)[C@@H]1CC[C@]2(CN[C@@H](CC(=O)O)C(=O)N3CCS(O)(O)CC3)CC[C@]3(C)[C@H](CC[C@@H]4[C@@]5(C)CC=C(c6ccc(C(=O)O)cc6)C(C)(C)[C@@H]5CC[C@]43C)[C@@H]12. The molecule has 4 saturated carbocycles. The van der Waals surface area contributed by atoms with Gasteiger partial charge in [0, 0.05) is 19.6 Å². The summed E-state index contributed by atoms with van der Waals surface area (Å²) in [4.78, 5) is 39.1. The van der Waals surface area contributed by atoms with E-state index >= 15 is 0 Å². The molecule has 1 aromatic carbocycles. The predicted octanol–water partition coefficient (Wildman–Crippen LogP) is 9.06. The van der Waals surface area contributed by atoms with Gasteiger partial charge in [-0.1, -0.05) is 65.0 Å². The Bertz CT molecular complexity index is 1750. The van der Waals surface area contributed by atoms with E-state index in [-0.39, 0.29) is 64.0 Å². The lowest BCUT2D eigenvalue weighted by atomic mass is 9.32. The maximum Gasteiger partial charge on any atom is 0.335 e. The molecule has 1 amide bonds. The number of nitrogens with zero attached hydrogens (tertiary/aromatic N) is 1. The second-order valence-corrected chi connectivity index (χ2v) is 22.5. The van der Waals surface area contributed by atoms with Gasteiger partial charge in [-0.3, -0.25) is 18.7 Å². The zero-order valence-electron chi connectivity index (χ0n) is 34.0. The Hall–Kier alpha value is -2.66. The Balaban J connectivity index is 1.15. The van der Waals surface area contributed by atoms with Crippen molar-refractivity contribution in [1.29, 1.82) is 0 Å². The number of hydrogen-bond acceptors (Lipinski definition) is 6. The Morgan fingerprint density at radius 2 is 1.56 bits per heavy atom. The molecule has 0 unspecified atom stereocenters. The van der Waals surface area contributed by atoms with Gasteiger partial charge in [0.2, 0.25) is 5.91 Å². The molecule has 1 saturated heterocycles. The third-order valence-electron chi connectivity index (χ3n) is 17.3. The third kappa shape index (κ3) is 6.53. The van der Waals surface area contributed by atoms with Crippen molar-refractivity contribution < 1.29 is 33.7 Å². The zero-order chi connectivity index (χ0) is 39.9. The monoisotopic (exact) mass is 778 g/mol. The number of carboxylic acid groups (broad SMARTS) is 2. The number of benzene rings is 1. The van der Waals surface area contributed by atoms with Crippen molar-refractivity contribution in [2.45, 2.75) is 112 Å². The highest BCUT2D eigenvalue weighted by atomic mass is 32.3. The summed E-state index contributed by atoms with van der Waals surface area (Å²) >= 11 is 0. The molecule has 55 heavy (non-hydrogen) atoms.